The summed E-state index contributed by atoms with van der Waals surface area (Å²) in [5.41, 5.74) is 9.26. The van der Waals surface area contributed by atoms with Crippen LogP contribution in [0, 0.1) is 0 Å². The van der Waals surface area contributed by atoms with Gasteiger partial charge in [0.1, 0.15) is 5.01 Å². The summed E-state index contributed by atoms with van der Waals surface area (Å²) < 4.78 is 0. The van der Waals surface area contributed by atoms with Gasteiger partial charge in [-0.15, -0.1) is 11.3 Å². The Labute approximate surface area is 127 Å². The lowest BCUT2D eigenvalue weighted by molar-refractivity contribution is -0.116. The van der Waals surface area contributed by atoms with Crippen molar-refractivity contribution < 1.29 is 4.79 Å². The van der Waals surface area contributed by atoms with E-state index < -0.39 is 0 Å². The molecule has 1 aliphatic rings. The lowest BCUT2D eigenvalue weighted by Crippen LogP contribution is -2.28. The number of nitrogen functional groups attached to an aromatic ring is 1. The first-order valence-electron chi connectivity index (χ1n) is 6.86. The Balaban J connectivity index is 1.91. The monoisotopic (exact) mass is 302 g/mol. The van der Waals surface area contributed by atoms with E-state index in [9.17, 15) is 4.79 Å². The third-order valence-corrected chi connectivity index (χ3v) is 4.68. The number of aryl methyl sites for hydroxylation is 1. The maximum Gasteiger partial charge on any atom is 0.224 e. The second-order valence-corrected chi connectivity index (χ2v) is 6.63. The summed E-state index contributed by atoms with van der Waals surface area (Å²) in [5.74, 6) is 0.0470. The smallest absolute Gasteiger partial charge is 0.224 e. The number of aromatic nitrogens is 1. The highest BCUT2D eigenvalue weighted by atomic mass is 32.1. The highest BCUT2D eigenvalue weighted by Crippen LogP contribution is 2.35. The number of amides is 1. The van der Waals surface area contributed by atoms with E-state index in [4.69, 9.17) is 5.73 Å². The molecule has 1 aliphatic heterocycles. The number of fused-ring (bicyclic) bond motifs is 1. The van der Waals surface area contributed by atoms with Crippen LogP contribution in [0.25, 0.3) is 0 Å². The second kappa shape index (κ2) is 5.04. The predicted octanol–water partition coefficient (Wildman–Crippen LogP) is 2.96. The van der Waals surface area contributed by atoms with Crippen LogP contribution in [0.2, 0.25) is 0 Å². The van der Waals surface area contributed by atoms with E-state index >= 15 is 0 Å². The molecule has 0 saturated heterocycles. The molecule has 0 bridgehead atoms. The molecule has 0 spiro atoms. The van der Waals surface area contributed by atoms with Crippen LogP contribution in [0.5, 0.6) is 0 Å². The summed E-state index contributed by atoms with van der Waals surface area (Å²) in [6.45, 7) is 4.15. The first-order chi connectivity index (χ1) is 9.95. The Bertz CT molecular complexity index is 679. The van der Waals surface area contributed by atoms with Crippen molar-refractivity contribution in [2.45, 2.75) is 32.2 Å². The third kappa shape index (κ3) is 2.71. The van der Waals surface area contributed by atoms with Crippen molar-refractivity contribution >= 4 is 34.3 Å². The number of anilines is 3. The SMILES string of the molecule is CC(C)(Nc1cc2c(cc1N)NC(=O)CC2)c1nccs1. The summed E-state index contributed by atoms with van der Waals surface area (Å²) in [7, 11) is 0. The minimum atomic E-state index is -0.297. The molecule has 0 radical (unpaired) electrons. The van der Waals surface area contributed by atoms with Gasteiger partial charge >= 0.3 is 0 Å². The molecule has 0 atom stereocenters. The zero-order valence-corrected chi connectivity index (χ0v) is 12.9. The summed E-state index contributed by atoms with van der Waals surface area (Å²) in [6.07, 6.45) is 3.06. The number of carbonyl (C=O) groups excluding carboxylic acids is 1. The molecule has 3 rings (SSSR count). The van der Waals surface area contributed by atoms with Gasteiger partial charge in [-0.05, 0) is 38.0 Å². The number of benzene rings is 1. The predicted molar refractivity (Wildman–Crippen MR) is 86.6 cm³/mol. The van der Waals surface area contributed by atoms with Crippen LogP contribution in [-0.4, -0.2) is 10.9 Å². The zero-order valence-electron chi connectivity index (χ0n) is 12.1. The lowest BCUT2D eigenvalue weighted by Gasteiger charge is -2.27. The van der Waals surface area contributed by atoms with Gasteiger partial charge in [0.25, 0.3) is 0 Å². The quantitative estimate of drug-likeness (QED) is 0.762. The Kier molecular flexibility index (Phi) is 3.33. The largest absolute Gasteiger partial charge is 0.397 e. The molecule has 1 amide bonds. The summed E-state index contributed by atoms with van der Waals surface area (Å²) >= 11 is 1.61. The van der Waals surface area contributed by atoms with Gasteiger partial charge < -0.3 is 16.4 Å². The molecule has 1 aromatic carbocycles. The first-order valence-corrected chi connectivity index (χ1v) is 7.74. The number of hydrogen-bond donors (Lipinski definition) is 3. The van der Waals surface area contributed by atoms with Crippen LogP contribution >= 0.6 is 11.3 Å². The Hall–Kier alpha value is -2.08. The van der Waals surface area contributed by atoms with Crippen LogP contribution < -0.4 is 16.4 Å². The van der Waals surface area contributed by atoms with E-state index in [0.29, 0.717) is 12.1 Å². The van der Waals surface area contributed by atoms with E-state index in [0.717, 1.165) is 28.4 Å². The molecule has 110 valence electrons. The first kappa shape index (κ1) is 13.9. The van der Waals surface area contributed by atoms with Gasteiger partial charge in [-0.1, -0.05) is 0 Å². The fraction of sp³-hybridized carbons (Fsp3) is 0.333. The van der Waals surface area contributed by atoms with Crippen molar-refractivity contribution in [1.29, 1.82) is 0 Å². The normalized spacial score (nSPS) is 14.5. The van der Waals surface area contributed by atoms with Gasteiger partial charge in [0.05, 0.1) is 16.9 Å². The van der Waals surface area contributed by atoms with Crippen molar-refractivity contribution in [3.05, 3.63) is 34.3 Å². The number of nitrogens with zero attached hydrogens (tertiary/aromatic N) is 1. The maximum atomic E-state index is 11.4. The highest BCUT2D eigenvalue weighted by Gasteiger charge is 2.25. The molecule has 5 nitrogen and oxygen atoms in total. The van der Waals surface area contributed by atoms with Crippen LogP contribution in [0.1, 0.15) is 30.8 Å². The topological polar surface area (TPSA) is 80.0 Å². The van der Waals surface area contributed by atoms with Crippen molar-refractivity contribution in [3.8, 4) is 0 Å². The molecule has 1 aromatic heterocycles. The van der Waals surface area contributed by atoms with Crippen molar-refractivity contribution in [1.82, 2.24) is 4.98 Å². The van der Waals surface area contributed by atoms with Gasteiger partial charge in [0, 0.05) is 23.7 Å². The fourth-order valence-corrected chi connectivity index (χ4v) is 3.19. The lowest BCUT2D eigenvalue weighted by atomic mass is 9.99. The molecule has 6 heteroatoms. The molecule has 2 heterocycles. The van der Waals surface area contributed by atoms with Gasteiger partial charge in [-0.3, -0.25) is 4.79 Å². The molecule has 0 aliphatic carbocycles. The number of thiazole rings is 1. The van der Waals surface area contributed by atoms with Crippen molar-refractivity contribution in [2.75, 3.05) is 16.4 Å². The summed E-state index contributed by atoms with van der Waals surface area (Å²) in [4.78, 5) is 15.8. The van der Waals surface area contributed by atoms with Crippen molar-refractivity contribution in [2.24, 2.45) is 0 Å². The van der Waals surface area contributed by atoms with Gasteiger partial charge in [0.2, 0.25) is 5.91 Å². The Morgan fingerprint density at radius 2 is 2.19 bits per heavy atom. The Morgan fingerprint density at radius 1 is 1.38 bits per heavy atom. The van der Waals surface area contributed by atoms with Gasteiger partial charge in [-0.25, -0.2) is 4.98 Å². The number of nitrogens with one attached hydrogen (secondary N) is 2. The number of nitrogens with two attached hydrogens (primary N) is 1. The van der Waals surface area contributed by atoms with E-state index in [2.05, 4.69) is 29.5 Å². The minimum Gasteiger partial charge on any atom is -0.397 e. The van der Waals surface area contributed by atoms with E-state index in [1.165, 1.54) is 0 Å². The van der Waals surface area contributed by atoms with Crippen LogP contribution in [0.3, 0.4) is 0 Å². The average Bonchev–Trinajstić information content (AvgIpc) is 2.94. The molecule has 2 aromatic rings. The standard InChI is InChI=1S/C15H18N4OS/c1-15(2,14-17-5-6-21-14)19-12-7-9-3-4-13(20)18-11(9)8-10(12)16/h5-8,19H,3-4,16H2,1-2H3,(H,18,20). The molecular formula is C15H18N4OS. The summed E-state index contributed by atoms with van der Waals surface area (Å²) in [5, 5.41) is 9.29. The summed E-state index contributed by atoms with van der Waals surface area (Å²) in [6, 6.07) is 3.85. The molecule has 0 unspecified atom stereocenters. The molecule has 21 heavy (non-hydrogen) atoms. The molecular weight excluding hydrogens is 284 g/mol. The van der Waals surface area contributed by atoms with E-state index in [-0.39, 0.29) is 11.4 Å². The third-order valence-electron chi connectivity index (χ3n) is 3.59. The zero-order chi connectivity index (χ0) is 15.0. The van der Waals surface area contributed by atoms with Crippen LogP contribution in [-0.2, 0) is 16.8 Å². The number of carbonyl (C=O) groups is 1. The molecule has 4 N–H and O–H groups in total. The van der Waals surface area contributed by atoms with Crippen LogP contribution in [0.4, 0.5) is 17.1 Å². The fourth-order valence-electron chi connectivity index (χ4n) is 2.48. The van der Waals surface area contributed by atoms with Crippen molar-refractivity contribution in [3.63, 3.8) is 0 Å². The van der Waals surface area contributed by atoms with Gasteiger partial charge in [0.15, 0.2) is 0 Å². The number of rotatable bonds is 3. The van der Waals surface area contributed by atoms with Crippen LogP contribution in [0.15, 0.2) is 23.7 Å². The second-order valence-electron chi connectivity index (χ2n) is 5.73. The minimum absolute atomic E-state index is 0.0470. The Morgan fingerprint density at radius 3 is 2.90 bits per heavy atom. The van der Waals surface area contributed by atoms with Gasteiger partial charge in [-0.2, -0.15) is 0 Å². The number of hydrogen-bond acceptors (Lipinski definition) is 5. The van der Waals surface area contributed by atoms with E-state index in [1.54, 1.807) is 17.5 Å². The molecule has 0 saturated carbocycles. The highest BCUT2D eigenvalue weighted by molar-refractivity contribution is 7.09. The maximum absolute atomic E-state index is 11.4. The average molecular weight is 302 g/mol. The molecule has 0 fully saturated rings. The van der Waals surface area contributed by atoms with E-state index in [1.807, 2.05) is 17.5 Å².